The summed E-state index contributed by atoms with van der Waals surface area (Å²) in [5, 5.41) is 8.23. The van der Waals surface area contributed by atoms with Gasteiger partial charge >= 0.3 is 0 Å². The number of Topliss-reactive ketones (excluding diaryl/α,β-unsaturated/α-hetero) is 1. The molecular formula is C10H7F2NO. The van der Waals surface area contributed by atoms with Crippen molar-refractivity contribution in [2.24, 2.45) is 0 Å². The van der Waals surface area contributed by atoms with Gasteiger partial charge in [-0.1, -0.05) is 6.07 Å². The van der Waals surface area contributed by atoms with E-state index in [-0.39, 0.29) is 5.56 Å². The Morgan fingerprint density at radius 1 is 1.50 bits per heavy atom. The van der Waals surface area contributed by atoms with Gasteiger partial charge in [-0.3, -0.25) is 4.79 Å². The molecule has 72 valence electrons. The van der Waals surface area contributed by atoms with Crippen molar-refractivity contribution in [3.8, 4) is 6.07 Å². The molecule has 0 atom stereocenters. The Kier molecular flexibility index (Phi) is 2.92. The van der Waals surface area contributed by atoms with Crippen LogP contribution >= 0.6 is 0 Å². The van der Waals surface area contributed by atoms with Crippen molar-refractivity contribution >= 4 is 5.78 Å². The molecule has 14 heavy (non-hydrogen) atoms. The van der Waals surface area contributed by atoms with Crippen LogP contribution in [0.15, 0.2) is 12.1 Å². The van der Waals surface area contributed by atoms with Gasteiger partial charge in [-0.15, -0.1) is 0 Å². The summed E-state index contributed by atoms with van der Waals surface area (Å²) in [7, 11) is 0. The molecule has 0 aliphatic rings. The summed E-state index contributed by atoms with van der Waals surface area (Å²) >= 11 is 0. The third-order valence-corrected chi connectivity index (χ3v) is 1.80. The van der Waals surface area contributed by atoms with Gasteiger partial charge in [-0.05, 0) is 18.6 Å². The van der Waals surface area contributed by atoms with E-state index in [1.807, 2.05) is 0 Å². The molecule has 0 aliphatic heterocycles. The lowest BCUT2D eigenvalue weighted by Gasteiger charge is -2.03. The fourth-order valence-corrected chi connectivity index (χ4v) is 1.07. The maximum absolute atomic E-state index is 13.3. The van der Waals surface area contributed by atoms with Gasteiger partial charge in [0.2, 0.25) is 0 Å². The number of halogens is 2. The van der Waals surface area contributed by atoms with E-state index in [1.54, 1.807) is 6.07 Å². The zero-order chi connectivity index (χ0) is 10.7. The molecule has 2 nitrogen and oxygen atoms in total. The minimum Gasteiger partial charge on any atom is -0.293 e. The molecule has 0 aliphatic carbocycles. The Morgan fingerprint density at radius 2 is 2.14 bits per heavy atom. The summed E-state index contributed by atoms with van der Waals surface area (Å²) in [4.78, 5) is 11.1. The second-order valence-corrected chi connectivity index (χ2v) is 2.81. The highest BCUT2D eigenvalue weighted by atomic mass is 19.1. The number of carbonyl (C=O) groups is 1. The van der Waals surface area contributed by atoms with E-state index < -0.39 is 29.4 Å². The Balaban J connectivity index is 3.27. The fourth-order valence-electron chi connectivity index (χ4n) is 1.07. The van der Waals surface area contributed by atoms with E-state index in [0.717, 1.165) is 6.07 Å². The third-order valence-electron chi connectivity index (χ3n) is 1.80. The van der Waals surface area contributed by atoms with Crippen molar-refractivity contribution in [3.63, 3.8) is 0 Å². The Labute approximate surface area is 79.8 Å². The second kappa shape index (κ2) is 3.97. The van der Waals surface area contributed by atoms with E-state index in [2.05, 4.69) is 0 Å². The van der Waals surface area contributed by atoms with Crippen molar-refractivity contribution in [2.75, 3.05) is 0 Å². The van der Waals surface area contributed by atoms with E-state index in [1.165, 1.54) is 13.0 Å². The minimum absolute atomic E-state index is 0.188. The number of nitrogens with zero attached hydrogens (tertiary/aromatic N) is 1. The molecule has 0 fully saturated rings. The van der Waals surface area contributed by atoms with Crippen LogP contribution in [0.4, 0.5) is 8.78 Å². The van der Waals surface area contributed by atoms with E-state index in [0.29, 0.717) is 0 Å². The number of hydrogen-bond donors (Lipinski definition) is 0. The fraction of sp³-hybridized carbons (Fsp3) is 0.200. The monoisotopic (exact) mass is 195 g/mol. The summed E-state index contributed by atoms with van der Waals surface area (Å²) in [6.45, 7) is 1.43. The van der Waals surface area contributed by atoms with Gasteiger partial charge in [-0.25, -0.2) is 8.78 Å². The van der Waals surface area contributed by atoms with Gasteiger partial charge in [0, 0.05) is 0 Å². The highest BCUT2D eigenvalue weighted by Gasteiger charge is 2.18. The maximum atomic E-state index is 13.3. The Bertz CT molecular complexity index is 421. The number of benzene rings is 1. The Morgan fingerprint density at radius 3 is 2.71 bits per heavy atom. The predicted molar refractivity (Wildman–Crippen MR) is 45.7 cm³/mol. The van der Waals surface area contributed by atoms with Gasteiger partial charge in [0.15, 0.2) is 5.78 Å². The number of nitriles is 1. The first-order valence-corrected chi connectivity index (χ1v) is 3.92. The predicted octanol–water partition coefficient (Wildman–Crippen LogP) is 2.37. The first kappa shape index (κ1) is 10.3. The van der Waals surface area contributed by atoms with Crippen molar-refractivity contribution < 1.29 is 13.6 Å². The quantitative estimate of drug-likeness (QED) is 0.679. The zero-order valence-corrected chi connectivity index (χ0v) is 7.47. The highest BCUT2D eigenvalue weighted by Crippen LogP contribution is 2.17. The summed E-state index contributed by atoms with van der Waals surface area (Å²) in [6.07, 6.45) is -0.517. The van der Waals surface area contributed by atoms with Crippen LogP contribution in [-0.4, -0.2) is 5.78 Å². The van der Waals surface area contributed by atoms with Crippen molar-refractivity contribution in [1.29, 1.82) is 5.26 Å². The molecule has 0 unspecified atom stereocenters. The van der Waals surface area contributed by atoms with Gasteiger partial charge in [0.1, 0.15) is 11.6 Å². The molecule has 0 saturated carbocycles. The van der Waals surface area contributed by atoms with E-state index in [9.17, 15) is 13.6 Å². The van der Waals surface area contributed by atoms with Crippen LogP contribution in [0, 0.1) is 29.9 Å². The maximum Gasteiger partial charge on any atom is 0.182 e. The largest absolute Gasteiger partial charge is 0.293 e. The summed E-state index contributed by atoms with van der Waals surface area (Å²) in [5.41, 5.74) is -0.431. The van der Waals surface area contributed by atoms with Gasteiger partial charge in [0.05, 0.1) is 18.1 Å². The van der Waals surface area contributed by atoms with Crippen molar-refractivity contribution in [1.82, 2.24) is 0 Å². The smallest absolute Gasteiger partial charge is 0.182 e. The molecule has 1 rings (SSSR count). The lowest BCUT2D eigenvalue weighted by molar-refractivity contribution is 0.0989. The van der Waals surface area contributed by atoms with Gasteiger partial charge in [-0.2, -0.15) is 5.26 Å². The van der Waals surface area contributed by atoms with Crippen LogP contribution in [0.25, 0.3) is 0 Å². The summed E-state index contributed by atoms with van der Waals surface area (Å²) < 4.78 is 26.3. The van der Waals surface area contributed by atoms with Crippen molar-refractivity contribution in [3.05, 3.63) is 34.9 Å². The molecule has 0 bridgehead atoms. The first-order chi connectivity index (χ1) is 6.57. The van der Waals surface area contributed by atoms with Crippen molar-refractivity contribution in [2.45, 2.75) is 13.3 Å². The lowest BCUT2D eigenvalue weighted by atomic mass is 10.0. The van der Waals surface area contributed by atoms with Crippen LogP contribution in [0.3, 0.4) is 0 Å². The van der Waals surface area contributed by atoms with E-state index in [4.69, 9.17) is 5.26 Å². The average molecular weight is 195 g/mol. The minimum atomic E-state index is -0.923. The molecule has 0 spiro atoms. The average Bonchev–Trinajstić information content (AvgIpc) is 2.13. The van der Waals surface area contributed by atoms with E-state index >= 15 is 0 Å². The number of ketones is 1. The SMILES string of the molecule is Cc1ccc(F)c(C(=O)CC#N)c1F. The van der Waals surface area contributed by atoms with Gasteiger partial charge in [0.25, 0.3) is 0 Å². The standard InChI is InChI=1S/C10H7F2NO/c1-6-2-3-7(11)9(10(6)12)8(14)4-5-13/h2-3H,4H2,1H3. The normalized spacial score (nSPS) is 9.57. The summed E-state index contributed by atoms with van der Waals surface area (Å²) in [6, 6.07) is 3.82. The first-order valence-electron chi connectivity index (χ1n) is 3.92. The van der Waals surface area contributed by atoms with Crippen LogP contribution in [0.2, 0.25) is 0 Å². The molecular weight excluding hydrogens is 188 g/mol. The third kappa shape index (κ3) is 1.77. The van der Waals surface area contributed by atoms with Gasteiger partial charge < -0.3 is 0 Å². The molecule has 0 heterocycles. The summed E-state index contributed by atoms with van der Waals surface area (Å²) in [5.74, 6) is -2.63. The zero-order valence-electron chi connectivity index (χ0n) is 7.47. The van der Waals surface area contributed by atoms with Crippen LogP contribution < -0.4 is 0 Å². The Hall–Kier alpha value is -1.76. The molecule has 1 aromatic rings. The lowest BCUT2D eigenvalue weighted by Crippen LogP contribution is -2.06. The molecule has 0 aromatic heterocycles. The second-order valence-electron chi connectivity index (χ2n) is 2.81. The topological polar surface area (TPSA) is 40.9 Å². The van der Waals surface area contributed by atoms with Crippen LogP contribution in [0.1, 0.15) is 22.3 Å². The molecule has 0 amide bonds. The number of carbonyl (C=O) groups excluding carboxylic acids is 1. The highest BCUT2D eigenvalue weighted by molar-refractivity contribution is 5.98. The number of aryl methyl sites for hydroxylation is 1. The molecule has 0 saturated heterocycles. The molecule has 0 N–H and O–H groups in total. The molecule has 4 heteroatoms. The molecule has 1 aromatic carbocycles. The molecule has 0 radical (unpaired) electrons. The number of hydrogen-bond acceptors (Lipinski definition) is 2. The van der Waals surface area contributed by atoms with Crippen LogP contribution in [-0.2, 0) is 0 Å². The number of rotatable bonds is 2. The van der Waals surface area contributed by atoms with Crippen LogP contribution in [0.5, 0.6) is 0 Å².